The molecule has 0 fully saturated rings. The van der Waals surface area contributed by atoms with Crippen LogP contribution in [0.2, 0.25) is 5.02 Å². The Kier molecular flexibility index (Phi) is 4.26. The molecule has 0 aliphatic rings. The van der Waals surface area contributed by atoms with Crippen LogP contribution in [-0.4, -0.2) is 19.5 Å². The third kappa shape index (κ3) is 2.92. The lowest BCUT2D eigenvalue weighted by Gasteiger charge is -2.09. The summed E-state index contributed by atoms with van der Waals surface area (Å²) < 4.78 is 10.4. The number of aldehydes is 1. The van der Waals surface area contributed by atoms with Crippen LogP contribution >= 0.6 is 11.6 Å². The van der Waals surface area contributed by atoms with Gasteiger partial charge in [0.05, 0.1) is 6.61 Å². The minimum Gasteiger partial charge on any atom is -0.490 e. The summed E-state index contributed by atoms with van der Waals surface area (Å²) in [7, 11) is 0. The molecule has 0 aliphatic carbocycles. The molecule has 1 rings (SSSR count). The standard InChI is InChI=1S/C10H11ClO3/c1-2-13-10-7-8(11)3-4-9(10)14-6-5-12/h3-5,7H,2,6H2,1H3. The molecule has 0 unspecified atom stereocenters. The highest BCUT2D eigenvalue weighted by atomic mass is 35.5. The van der Waals surface area contributed by atoms with Gasteiger partial charge in [0, 0.05) is 11.1 Å². The predicted molar refractivity (Wildman–Crippen MR) is 54.2 cm³/mol. The van der Waals surface area contributed by atoms with Crippen molar-refractivity contribution in [2.24, 2.45) is 0 Å². The fourth-order valence-corrected chi connectivity index (χ4v) is 1.16. The van der Waals surface area contributed by atoms with E-state index < -0.39 is 0 Å². The maximum atomic E-state index is 10.1. The predicted octanol–water partition coefficient (Wildman–Crippen LogP) is 2.32. The number of rotatable bonds is 5. The van der Waals surface area contributed by atoms with Crippen LogP contribution in [0.5, 0.6) is 11.5 Å². The first-order chi connectivity index (χ1) is 6.77. The van der Waals surface area contributed by atoms with Crippen LogP contribution in [0.1, 0.15) is 6.92 Å². The largest absolute Gasteiger partial charge is 0.490 e. The molecule has 0 bridgehead atoms. The van der Waals surface area contributed by atoms with Gasteiger partial charge in [0.1, 0.15) is 6.61 Å². The number of carbonyl (C=O) groups is 1. The van der Waals surface area contributed by atoms with Crippen LogP contribution in [0.3, 0.4) is 0 Å². The van der Waals surface area contributed by atoms with E-state index in [-0.39, 0.29) is 6.61 Å². The van der Waals surface area contributed by atoms with Crippen molar-refractivity contribution >= 4 is 17.9 Å². The molecule has 0 aromatic heterocycles. The lowest BCUT2D eigenvalue weighted by Crippen LogP contribution is -2.01. The van der Waals surface area contributed by atoms with E-state index in [4.69, 9.17) is 21.1 Å². The van der Waals surface area contributed by atoms with E-state index in [1.54, 1.807) is 18.2 Å². The normalized spacial score (nSPS) is 9.57. The second-order valence-electron chi connectivity index (χ2n) is 2.50. The molecule has 1 aromatic rings. The van der Waals surface area contributed by atoms with Gasteiger partial charge in [-0.1, -0.05) is 11.6 Å². The fraction of sp³-hybridized carbons (Fsp3) is 0.300. The van der Waals surface area contributed by atoms with Gasteiger partial charge in [-0.15, -0.1) is 0 Å². The zero-order valence-corrected chi connectivity index (χ0v) is 8.58. The van der Waals surface area contributed by atoms with E-state index in [1.165, 1.54) is 0 Å². The van der Waals surface area contributed by atoms with Crippen LogP contribution in [0, 0.1) is 0 Å². The van der Waals surface area contributed by atoms with E-state index in [0.29, 0.717) is 29.4 Å². The second-order valence-corrected chi connectivity index (χ2v) is 2.94. The maximum Gasteiger partial charge on any atom is 0.162 e. The van der Waals surface area contributed by atoms with Gasteiger partial charge < -0.3 is 9.47 Å². The van der Waals surface area contributed by atoms with E-state index in [9.17, 15) is 4.79 Å². The molecule has 0 atom stereocenters. The van der Waals surface area contributed by atoms with E-state index in [1.807, 2.05) is 6.92 Å². The molecular formula is C10H11ClO3. The number of hydrogen-bond acceptors (Lipinski definition) is 3. The summed E-state index contributed by atoms with van der Waals surface area (Å²) in [6.45, 7) is 2.41. The first-order valence-corrected chi connectivity index (χ1v) is 4.64. The SMILES string of the molecule is CCOc1cc(Cl)ccc1OCC=O. The number of hydrogen-bond donors (Lipinski definition) is 0. The molecule has 1 aromatic carbocycles. The van der Waals surface area contributed by atoms with E-state index in [0.717, 1.165) is 0 Å². The minimum atomic E-state index is 0.0156. The fourth-order valence-electron chi connectivity index (χ4n) is 0.993. The zero-order valence-electron chi connectivity index (χ0n) is 7.83. The third-order valence-electron chi connectivity index (χ3n) is 1.51. The van der Waals surface area contributed by atoms with Gasteiger partial charge in [-0.25, -0.2) is 0 Å². The molecule has 0 spiro atoms. The van der Waals surface area contributed by atoms with Crippen LogP contribution < -0.4 is 9.47 Å². The number of halogens is 1. The van der Waals surface area contributed by atoms with Gasteiger partial charge in [-0.3, -0.25) is 4.79 Å². The van der Waals surface area contributed by atoms with Crippen molar-refractivity contribution in [1.82, 2.24) is 0 Å². The lowest BCUT2D eigenvalue weighted by molar-refractivity contribution is -0.109. The average Bonchev–Trinajstić information content (AvgIpc) is 2.17. The highest BCUT2D eigenvalue weighted by Crippen LogP contribution is 2.30. The third-order valence-corrected chi connectivity index (χ3v) is 1.75. The Morgan fingerprint density at radius 1 is 1.36 bits per heavy atom. The Morgan fingerprint density at radius 2 is 2.14 bits per heavy atom. The topological polar surface area (TPSA) is 35.5 Å². The van der Waals surface area contributed by atoms with Crippen molar-refractivity contribution in [3.8, 4) is 11.5 Å². The monoisotopic (exact) mass is 214 g/mol. The molecule has 76 valence electrons. The summed E-state index contributed by atoms with van der Waals surface area (Å²) in [5, 5.41) is 0.576. The molecule has 0 heterocycles. The maximum absolute atomic E-state index is 10.1. The zero-order chi connectivity index (χ0) is 10.4. The summed E-state index contributed by atoms with van der Waals surface area (Å²) in [6.07, 6.45) is 0.685. The molecule has 4 heteroatoms. The van der Waals surface area contributed by atoms with Gasteiger partial charge in [0.2, 0.25) is 0 Å². The number of carbonyl (C=O) groups excluding carboxylic acids is 1. The van der Waals surface area contributed by atoms with Crippen molar-refractivity contribution in [1.29, 1.82) is 0 Å². The van der Waals surface area contributed by atoms with E-state index >= 15 is 0 Å². The van der Waals surface area contributed by atoms with Crippen LogP contribution in [0.4, 0.5) is 0 Å². The van der Waals surface area contributed by atoms with Crippen LogP contribution in [0.15, 0.2) is 18.2 Å². The van der Waals surface area contributed by atoms with Crippen molar-refractivity contribution in [2.45, 2.75) is 6.92 Å². The minimum absolute atomic E-state index is 0.0156. The summed E-state index contributed by atoms with van der Waals surface area (Å²) in [6, 6.07) is 5.02. The van der Waals surface area contributed by atoms with E-state index in [2.05, 4.69) is 0 Å². The molecule has 0 aliphatic heterocycles. The van der Waals surface area contributed by atoms with Crippen molar-refractivity contribution < 1.29 is 14.3 Å². The molecule has 0 amide bonds. The average molecular weight is 215 g/mol. The first-order valence-electron chi connectivity index (χ1n) is 4.26. The van der Waals surface area contributed by atoms with Crippen molar-refractivity contribution in [2.75, 3.05) is 13.2 Å². The molecule has 0 saturated carbocycles. The Bertz CT molecular complexity index is 312. The van der Waals surface area contributed by atoms with Crippen molar-refractivity contribution in [3.05, 3.63) is 23.2 Å². The van der Waals surface area contributed by atoms with Gasteiger partial charge in [0.25, 0.3) is 0 Å². The van der Waals surface area contributed by atoms with Gasteiger partial charge in [-0.2, -0.15) is 0 Å². The molecule has 3 nitrogen and oxygen atoms in total. The summed E-state index contributed by atoms with van der Waals surface area (Å²) in [5.41, 5.74) is 0. The Morgan fingerprint density at radius 3 is 2.79 bits per heavy atom. The van der Waals surface area contributed by atoms with Crippen LogP contribution in [0.25, 0.3) is 0 Å². The summed E-state index contributed by atoms with van der Waals surface area (Å²) in [5.74, 6) is 1.09. The lowest BCUT2D eigenvalue weighted by atomic mass is 10.3. The van der Waals surface area contributed by atoms with Gasteiger partial charge in [0.15, 0.2) is 17.8 Å². The molecular weight excluding hydrogens is 204 g/mol. The van der Waals surface area contributed by atoms with Gasteiger partial charge in [-0.05, 0) is 19.1 Å². The first kappa shape index (κ1) is 10.9. The Labute approximate surface area is 87.6 Å². The molecule has 0 radical (unpaired) electrons. The number of ether oxygens (including phenoxy) is 2. The quantitative estimate of drug-likeness (QED) is 0.706. The molecule has 0 N–H and O–H groups in total. The highest BCUT2D eigenvalue weighted by molar-refractivity contribution is 6.30. The summed E-state index contributed by atoms with van der Waals surface area (Å²) in [4.78, 5) is 10.1. The van der Waals surface area contributed by atoms with Crippen LogP contribution in [-0.2, 0) is 4.79 Å². The van der Waals surface area contributed by atoms with Gasteiger partial charge >= 0.3 is 0 Å². The summed E-state index contributed by atoms with van der Waals surface area (Å²) >= 11 is 5.78. The Hall–Kier alpha value is -1.22. The highest BCUT2D eigenvalue weighted by Gasteiger charge is 2.04. The second kappa shape index (κ2) is 5.50. The molecule has 0 saturated heterocycles. The smallest absolute Gasteiger partial charge is 0.162 e. The molecule has 14 heavy (non-hydrogen) atoms. The Balaban J connectivity index is 2.83. The number of benzene rings is 1. The van der Waals surface area contributed by atoms with Crippen molar-refractivity contribution in [3.63, 3.8) is 0 Å².